The van der Waals surface area contributed by atoms with Crippen molar-refractivity contribution < 1.29 is 4.39 Å². The maximum atomic E-state index is 13.6. The van der Waals surface area contributed by atoms with Gasteiger partial charge in [0.1, 0.15) is 0 Å². The van der Waals surface area contributed by atoms with Gasteiger partial charge in [0.05, 0.1) is 0 Å². The van der Waals surface area contributed by atoms with Crippen molar-refractivity contribution in [2.45, 2.75) is 13.3 Å². The molecule has 1 aliphatic rings. The second-order valence-electron chi connectivity index (χ2n) is 3.53. The Kier molecular flexibility index (Phi) is 5.12. The normalized spacial score (nSPS) is 19.2. The molecule has 0 unspecified atom stereocenters. The fraction of sp³-hybridized carbons (Fsp3) is 0.500. The summed E-state index contributed by atoms with van der Waals surface area (Å²) in [6.07, 6.45) is 5.98. The molecule has 15 heavy (non-hydrogen) atoms. The van der Waals surface area contributed by atoms with Crippen molar-refractivity contribution in [1.29, 1.82) is 0 Å². The molecular formula is C12H19FN2. The van der Waals surface area contributed by atoms with E-state index >= 15 is 0 Å². The van der Waals surface area contributed by atoms with Gasteiger partial charge in [0.2, 0.25) is 0 Å². The Morgan fingerprint density at radius 3 is 2.60 bits per heavy atom. The molecule has 0 bridgehead atoms. The fourth-order valence-corrected chi connectivity index (χ4v) is 1.49. The molecular weight excluding hydrogens is 191 g/mol. The third kappa shape index (κ3) is 3.88. The molecule has 0 radical (unpaired) electrons. The number of hydrogen-bond donors (Lipinski definition) is 1. The molecule has 1 fully saturated rings. The van der Waals surface area contributed by atoms with Crippen LogP contribution in [0.1, 0.15) is 13.3 Å². The first-order valence-corrected chi connectivity index (χ1v) is 5.42. The van der Waals surface area contributed by atoms with Gasteiger partial charge < -0.3 is 10.2 Å². The molecule has 84 valence electrons. The first-order chi connectivity index (χ1) is 7.27. The molecule has 2 nitrogen and oxygen atoms in total. The number of rotatable bonds is 4. The van der Waals surface area contributed by atoms with E-state index < -0.39 is 0 Å². The van der Waals surface area contributed by atoms with Gasteiger partial charge in [-0.05, 0) is 18.1 Å². The number of hydrogen-bond acceptors (Lipinski definition) is 2. The summed E-state index contributed by atoms with van der Waals surface area (Å²) in [6.45, 7) is 8.90. The van der Waals surface area contributed by atoms with Gasteiger partial charge in [-0.3, -0.25) is 0 Å². The number of allylic oxidation sites excluding steroid dienone is 4. The highest BCUT2D eigenvalue weighted by Crippen LogP contribution is 2.09. The van der Waals surface area contributed by atoms with Crippen LogP contribution in [0.3, 0.4) is 0 Å². The van der Waals surface area contributed by atoms with E-state index in [1.807, 2.05) is 6.92 Å². The van der Waals surface area contributed by atoms with Gasteiger partial charge in [-0.2, -0.15) is 4.39 Å². The molecule has 0 aromatic carbocycles. The fourth-order valence-electron chi connectivity index (χ4n) is 1.49. The lowest BCUT2D eigenvalue weighted by Crippen LogP contribution is -2.42. The minimum atomic E-state index is -0.149. The lowest BCUT2D eigenvalue weighted by atomic mass is 10.2. The average molecular weight is 210 g/mol. The molecule has 1 saturated heterocycles. The number of piperazine rings is 1. The minimum Gasteiger partial charge on any atom is -0.346 e. The number of nitrogens with one attached hydrogen (secondary N) is 1. The Hall–Kier alpha value is -1.09. The quantitative estimate of drug-likeness (QED) is 0.565. The highest BCUT2D eigenvalue weighted by atomic mass is 19.1. The van der Waals surface area contributed by atoms with Crippen LogP contribution in [0.2, 0.25) is 0 Å². The zero-order valence-electron chi connectivity index (χ0n) is 9.30. The predicted molar refractivity (Wildman–Crippen MR) is 62.2 cm³/mol. The molecule has 0 spiro atoms. The second kappa shape index (κ2) is 6.40. The second-order valence-corrected chi connectivity index (χ2v) is 3.53. The molecule has 0 aliphatic carbocycles. The van der Waals surface area contributed by atoms with Crippen LogP contribution in [0.5, 0.6) is 0 Å². The maximum Gasteiger partial charge on any atom is 0.189 e. The summed E-state index contributed by atoms with van der Waals surface area (Å²) in [5.41, 5.74) is 1.06. The Bertz CT molecular complexity index is 263. The standard InChI is InChI=1S/C12H19FN2/c1-3-11(4-2)5-6-12(13)15-9-7-14-8-10-15/h3,5-6,14H,1,4,7-10H2,2H3/b11-5+,12-6+. The lowest BCUT2D eigenvalue weighted by molar-refractivity contribution is 0.240. The monoisotopic (exact) mass is 210 g/mol. The van der Waals surface area contributed by atoms with Gasteiger partial charge in [-0.15, -0.1) is 0 Å². The van der Waals surface area contributed by atoms with Crippen LogP contribution in [0.15, 0.2) is 36.3 Å². The smallest absolute Gasteiger partial charge is 0.189 e. The Labute approximate surface area is 91.2 Å². The van der Waals surface area contributed by atoms with E-state index in [4.69, 9.17) is 0 Å². The zero-order valence-corrected chi connectivity index (χ0v) is 9.30. The molecule has 0 aromatic heterocycles. The molecule has 0 atom stereocenters. The van der Waals surface area contributed by atoms with E-state index in [1.165, 1.54) is 6.08 Å². The molecule has 1 N–H and O–H groups in total. The first-order valence-electron chi connectivity index (χ1n) is 5.42. The molecule has 3 heteroatoms. The number of halogens is 1. The topological polar surface area (TPSA) is 15.3 Å². The van der Waals surface area contributed by atoms with Crippen molar-refractivity contribution in [3.05, 3.63) is 36.3 Å². The maximum absolute atomic E-state index is 13.6. The van der Waals surface area contributed by atoms with Gasteiger partial charge >= 0.3 is 0 Å². The highest BCUT2D eigenvalue weighted by molar-refractivity contribution is 5.22. The van der Waals surface area contributed by atoms with Gasteiger partial charge in [0.25, 0.3) is 0 Å². The minimum absolute atomic E-state index is 0.149. The SMILES string of the molecule is C=C/C(=C\C=C(/F)N1CCNCC1)CC. The molecule has 1 aliphatic heterocycles. The summed E-state index contributed by atoms with van der Waals surface area (Å²) in [6, 6.07) is 0. The van der Waals surface area contributed by atoms with Crippen LogP contribution in [0, 0.1) is 0 Å². The van der Waals surface area contributed by atoms with Crippen molar-refractivity contribution in [2.75, 3.05) is 26.2 Å². The van der Waals surface area contributed by atoms with Crippen molar-refractivity contribution in [1.82, 2.24) is 10.2 Å². The van der Waals surface area contributed by atoms with Crippen LogP contribution >= 0.6 is 0 Å². The van der Waals surface area contributed by atoms with Crippen molar-refractivity contribution in [3.8, 4) is 0 Å². The van der Waals surface area contributed by atoms with Crippen LogP contribution in [-0.4, -0.2) is 31.1 Å². The van der Waals surface area contributed by atoms with E-state index in [1.54, 1.807) is 17.1 Å². The van der Waals surface area contributed by atoms with Gasteiger partial charge in [-0.1, -0.05) is 25.7 Å². The molecule has 0 saturated carbocycles. The predicted octanol–water partition coefficient (Wildman–Crippen LogP) is 2.22. The van der Waals surface area contributed by atoms with Crippen LogP contribution in [-0.2, 0) is 0 Å². The summed E-state index contributed by atoms with van der Waals surface area (Å²) >= 11 is 0. The summed E-state index contributed by atoms with van der Waals surface area (Å²) in [5.74, 6) is -0.149. The van der Waals surface area contributed by atoms with Gasteiger partial charge in [0.15, 0.2) is 5.95 Å². The number of nitrogens with zero attached hydrogens (tertiary/aromatic N) is 1. The highest BCUT2D eigenvalue weighted by Gasteiger charge is 2.11. The van der Waals surface area contributed by atoms with Crippen LogP contribution in [0.25, 0.3) is 0 Å². The lowest BCUT2D eigenvalue weighted by Gasteiger charge is -2.27. The van der Waals surface area contributed by atoms with E-state index in [0.717, 1.165) is 38.2 Å². The summed E-state index contributed by atoms with van der Waals surface area (Å²) in [4.78, 5) is 1.75. The van der Waals surface area contributed by atoms with Crippen molar-refractivity contribution in [3.63, 3.8) is 0 Å². The van der Waals surface area contributed by atoms with Crippen LogP contribution in [0.4, 0.5) is 4.39 Å². The first kappa shape index (κ1) is 12.0. The third-order valence-corrected chi connectivity index (χ3v) is 2.52. The largest absolute Gasteiger partial charge is 0.346 e. The van der Waals surface area contributed by atoms with Crippen molar-refractivity contribution >= 4 is 0 Å². The Morgan fingerprint density at radius 2 is 2.07 bits per heavy atom. The Morgan fingerprint density at radius 1 is 1.40 bits per heavy atom. The zero-order chi connectivity index (χ0) is 11.1. The van der Waals surface area contributed by atoms with Gasteiger partial charge in [-0.25, -0.2) is 0 Å². The molecule has 0 amide bonds. The van der Waals surface area contributed by atoms with E-state index in [9.17, 15) is 4.39 Å². The Balaban J connectivity index is 2.57. The molecule has 1 heterocycles. The third-order valence-electron chi connectivity index (χ3n) is 2.52. The summed E-state index contributed by atoms with van der Waals surface area (Å²) < 4.78 is 13.6. The summed E-state index contributed by atoms with van der Waals surface area (Å²) in [5, 5.41) is 3.19. The van der Waals surface area contributed by atoms with E-state index in [-0.39, 0.29) is 5.95 Å². The van der Waals surface area contributed by atoms with Crippen molar-refractivity contribution in [2.24, 2.45) is 0 Å². The van der Waals surface area contributed by atoms with Gasteiger partial charge in [0, 0.05) is 26.2 Å². The van der Waals surface area contributed by atoms with Crippen LogP contribution < -0.4 is 5.32 Å². The van der Waals surface area contributed by atoms with E-state index in [0.29, 0.717) is 0 Å². The van der Waals surface area contributed by atoms with E-state index in [2.05, 4.69) is 11.9 Å². The molecule has 0 aromatic rings. The average Bonchev–Trinajstić information content (AvgIpc) is 2.31. The molecule has 1 rings (SSSR count). The summed E-state index contributed by atoms with van der Waals surface area (Å²) in [7, 11) is 0.